The van der Waals surface area contributed by atoms with E-state index >= 15 is 0 Å². The molecule has 6 heteroatoms. The molecule has 0 aliphatic carbocycles. The molecule has 1 aromatic heterocycles. The van der Waals surface area contributed by atoms with E-state index in [0.717, 1.165) is 0 Å². The average Bonchev–Trinajstić information content (AvgIpc) is 2.83. The Morgan fingerprint density at radius 2 is 1.86 bits per heavy atom. The summed E-state index contributed by atoms with van der Waals surface area (Å²) in [4.78, 5) is 0.266. The molecular weight excluding hydrogens is 286 g/mol. The molecule has 114 valence electrons. The van der Waals surface area contributed by atoms with Crippen molar-refractivity contribution in [2.24, 2.45) is 0 Å². The number of rotatable bonds is 5. The molecule has 0 atom stereocenters. The third-order valence-electron chi connectivity index (χ3n) is 3.30. The molecule has 2 aromatic rings. The Balaban J connectivity index is 2.50. The lowest BCUT2D eigenvalue weighted by Crippen LogP contribution is -2.30. The van der Waals surface area contributed by atoms with Crippen LogP contribution in [0.5, 0.6) is 0 Å². The van der Waals surface area contributed by atoms with Crippen molar-refractivity contribution in [2.45, 2.75) is 38.6 Å². The highest BCUT2D eigenvalue weighted by molar-refractivity contribution is 7.92. The SMILES string of the molecule is CCN(c1ccccc1)S(=O)(=O)c1cn(C(C)C)nc1C. The summed E-state index contributed by atoms with van der Waals surface area (Å²) in [6.07, 6.45) is 1.61. The van der Waals surface area contributed by atoms with Crippen molar-refractivity contribution in [3.8, 4) is 0 Å². The van der Waals surface area contributed by atoms with Gasteiger partial charge in [0.2, 0.25) is 0 Å². The summed E-state index contributed by atoms with van der Waals surface area (Å²) >= 11 is 0. The largest absolute Gasteiger partial charge is 0.269 e. The average molecular weight is 307 g/mol. The smallest absolute Gasteiger partial charge is 0.267 e. The van der Waals surface area contributed by atoms with Gasteiger partial charge in [-0.05, 0) is 39.8 Å². The van der Waals surface area contributed by atoms with E-state index in [1.165, 1.54) is 4.31 Å². The van der Waals surface area contributed by atoms with Crippen LogP contribution in [0.4, 0.5) is 5.69 Å². The first-order chi connectivity index (χ1) is 9.87. The molecule has 0 aliphatic heterocycles. The van der Waals surface area contributed by atoms with Gasteiger partial charge in [0.25, 0.3) is 10.0 Å². The highest BCUT2D eigenvalue weighted by atomic mass is 32.2. The minimum absolute atomic E-state index is 0.124. The zero-order valence-electron chi connectivity index (χ0n) is 12.8. The Bertz CT molecular complexity index is 706. The van der Waals surface area contributed by atoms with Gasteiger partial charge in [0.05, 0.1) is 11.4 Å². The monoisotopic (exact) mass is 307 g/mol. The number of hydrogen-bond donors (Lipinski definition) is 0. The quantitative estimate of drug-likeness (QED) is 0.853. The topological polar surface area (TPSA) is 55.2 Å². The first kappa shape index (κ1) is 15.6. The van der Waals surface area contributed by atoms with Crippen LogP contribution in [-0.4, -0.2) is 24.7 Å². The minimum Gasteiger partial charge on any atom is -0.269 e. The van der Waals surface area contributed by atoms with Crippen LogP contribution in [0.1, 0.15) is 32.5 Å². The Labute approximate surface area is 126 Å². The molecule has 0 fully saturated rings. The zero-order chi connectivity index (χ0) is 15.6. The molecule has 0 bridgehead atoms. The fraction of sp³-hybridized carbons (Fsp3) is 0.400. The van der Waals surface area contributed by atoms with Gasteiger partial charge in [-0.25, -0.2) is 8.42 Å². The molecule has 0 amide bonds. The van der Waals surface area contributed by atoms with Crippen LogP contribution in [-0.2, 0) is 10.0 Å². The zero-order valence-corrected chi connectivity index (χ0v) is 13.6. The van der Waals surface area contributed by atoms with Crippen LogP contribution in [0.3, 0.4) is 0 Å². The number of aryl methyl sites for hydroxylation is 1. The number of hydrogen-bond acceptors (Lipinski definition) is 3. The van der Waals surface area contributed by atoms with Crippen molar-refractivity contribution in [1.82, 2.24) is 9.78 Å². The van der Waals surface area contributed by atoms with Gasteiger partial charge in [-0.3, -0.25) is 8.99 Å². The van der Waals surface area contributed by atoms with Crippen LogP contribution in [0.2, 0.25) is 0 Å². The molecule has 0 N–H and O–H groups in total. The number of anilines is 1. The number of benzene rings is 1. The lowest BCUT2D eigenvalue weighted by molar-refractivity contribution is 0.528. The fourth-order valence-corrected chi connectivity index (χ4v) is 3.82. The van der Waals surface area contributed by atoms with Crippen LogP contribution in [0.15, 0.2) is 41.4 Å². The van der Waals surface area contributed by atoms with Gasteiger partial charge in [-0.2, -0.15) is 5.10 Å². The van der Waals surface area contributed by atoms with Crippen LogP contribution in [0.25, 0.3) is 0 Å². The molecule has 2 rings (SSSR count). The highest BCUT2D eigenvalue weighted by Crippen LogP contribution is 2.25. The van der Waals surface area contributed by atoms with E-state index in [1.807, 2.05) is 39.0 Å². The van der Waals surface area contributed by atoms with Crippen LogP contribution >= 0.6 is 0 Å². The Hall–Kier alpha value is -1.82. The van der Waals surface area contributed by atoms with Crippen molar-refractivity contribution in [3.05, 3.63) is 42.2 Å². The number of para-hydroxylation sites is 1. The van der Waals surface area contributed by atoms with Gasteiger partial charge in [-0.15, -0.1) is 0 Å². The maximum Gasteiger partial charge on any atom is 0.267 e. The van der Waals surface area contributed by atoms with E-state index in [4.69, 9.17) is 0 Å². The van der Waals surface area contributed by atoms with E-state index in [2.05, 4.69) is 5.10 Å². The summed E-state index contributed by atoms with van der Waals surface area (Å²) in [5, 5.41) is 4.30. The van der Waals surface area contributed by atoms with Gasteiger partial charge in [0, 0.05) is 18.8 Å². The predicted octanol–water partition coefficient (Wildman–Crippen LogP) is 2.99. The normalized spacial score (nSPS) is 11.9. The van der Waals surface area contributed by atoms with Crippen molar-refractivity contribution in [3.63, 3.8) is 0 Å². The second kappa shape index (κ2) is 5.89. The predicted molar refractivity (Wildman–Crippen MR) is 84.0 cm³/mol. The molecule has 1 aromatic carbocycles. The molecule has 21 heavy (non-hydrogen) atoms. The lowest BCUT2D eigenvalue weighted by atomic mass is 10.3. The van der Waals surface area contributed by atoms with Gasteiger partial charge >= 0.3 is 0 Å². The summed E-state index contributed by atoms with van der Waals surface area (Å²) in [6, 6.07) is 9.24. The summed E-state index contributed by atoms with van der Waals surface area (Å²) < 4.78 is 28.9. The van der Waals surface area contributed by atoms with Crippen molar-refractivity contribution < 1.29 is 8.42 Å². The number of aromatic nitrogens is 2. The van der Waals surface area contributed by atoms with E-state index in [0.29, 0.717) is 17.9 Å². The Morgan fingerprint density at radius 1 is 1.24 bits per heavy atom. The van der Waals surface area contributed by atoms with E-state index in [-0.39, 0.29) is 10.9 Å². The molecule has 0 aliphatic rings. The third-order valence-corrected chi connectivity index (χ3v) is 5.31. The second-order valence-corrected chi connectivity index (χ2v) is 6.99. The molecule has 0 unspecified atom stereocenters. The number of sulfonamides is 1. The summed E-state index contributed by atoms with van der Waals surface area (Å²) in [6.45, 7) is 7.87. The molecule has 1 heterocycles. The first-order valence-corrected chi connectivity index (χ1v) is 8.45. The first-order valence-electron chi connectivity index (χ1n) is 7.01. The van der Waals surface area contributed by atoms with E-state index in [9.17, 15) is 8.42 Å². The van der Waals surface area contributed by atoms with Gasteiger partial charge < -0.3 is 0 Å². The second-order valence-electron chi connectivity index (χ2n) is 5.16. The standard InChI is InChI=1S/C15H21N3O2S/c1-5-18(14-9-7-6-8-10-14)21(19,20)15-11-17(12(2)3)16-13(15)4/h6-12H,5H2,1-4H3. The number of nitrogens with zero attached hydrogens (tertiary/aromatic N) is 3. The molecule has 0 spiro atoms. The summed E-state index contributed by atoms with van der Waals surface area (Å²) in [5.74, 6) is 0. The maximum atomic E-state index is 12.9. The van der Waals surface area contributed by atoms with Crippen LogP contribution < -0.4 is 4.31 Å². The highest BCUT2D eigenvalue weighted by Gasteiger charge is 2.27. The molecule has 0 saturated carbocycles. The molecular formula is C15H21N3O2S. The maximum absolute atomic E-state index is 12.9. The fourth-order valence-electron chi connectivity index (χ4n) is 2.19. The molecule has 5 nitrogen and oxygen atoms in total. The summed E-state index contributed by atoms with van der Waals surface area (Å²) in [7, 11) is -3.60. The molecule has 0 radical (unpaired) electrons. The van der Waals surface area contributed by atoms with Gasteiger partial charge in [0.1, 0.15) is 4.90 Å². The lowest BCUT2D eigenvalue weighted by Gasteiger charge is -2.22. The van der Waals surface area contributed by atoms with Gasteiger partial charge in [-0.1, -0.05) is 18.2 Å². The van der Waals surface area contributed by atoms with E-state index < -0.39 is 10.0 Å². The van der Waals surface area contributed by atoms with Crippen molar-refractivity contribution >= 4 is 15.7 Å². The third kappa shape index (κ3) is 2.95. The van der Waals surface area contributed by atoms with Gasteiger partial charge in [0.15, 0.2) is 0 Å². The van der Waals surface area contributed by atoms with Crippen molar-refractivity contribution in [1.29, 1.82) is 0 Å². The van der Waals surface area contributed by atoms with E-state index in [1.54, 1.807) is 29.9 Å². The Morgan fingerprint density at radius 3 is 2.33 bits per heavy atom. The summed E-state index contributed by atoms with van der Waals surface area (Å²) in [5.41, 5.74) is 1.19. The minimum atomic E-state index is -3.60. The van der Waals surface area contributed by atoms with Crippen LogP contribution in [0, 0.1) is 6.92 Å². The Kier molecular flexibility index (Phi) is 4.37. The molecule has 0 saturated heterocycles. The van der Waals surface area contributed by atoms with Crippen molar-refractivity contribution in [2.75, 3.05) is 10.8 Å².